The quantitative estimate of drug-likeness (QED) is 0.711. The van der Waals surface area contributed by atoms with Crippen molar-refractivity contribution in [3.63, 3.8) is 0 Å². The number of para-hydroxylation sites is 2. The molecular weight excluding hydrogens is 332 g/mol. The Morgan fingerprint density at radius 1 is 0.741 bits per heavy atom. The minimum atomic E-state index is -0.584. The minimum Gasteiger partial charge on any atom is -0.386 e. The molecule has 0 saturated carbocycles. The van der Waals surface area contributed by atoms with Gasteiger partial charge in [0.1, 0.15) is 6.10 Å². The topological polar surface area (TPSA) is 26.7 Å². The predicted molar refractivity (Wildman–Crippen MR) is 114 cm³/mol. The van der Waals surface area contributed by atoms with Crippen LogP contribution in [0.15, 0.2) is 84.9 Å². The fourth-order valence-electron chi connectivity index (χ4n) is 3.65. The smallest absolute Gasteiger partial charge is 0.104 e. The molecule has 0 spiro atoms. The Balaban J connectivity index is 1.64. The van der Waals surface area contributed by atoms with Crippen LogP contribution in [0.25, 0.3) is 6.08 Å². The molecule has 3 aromatic carbocycles. The number of aliphatic hydroxyl groups is 1. The van der Waals surface area contributed by atoms with Crippen molar-refractivity contribution in [2.24, 2.45) is 0 Å². The fourth-order valence-corrected chi connectivity index (χ4v) is 3.65. The first kappa shape index (κ1) is 17.4. The maximum Gasteiger partial charge on any atom is 0.104 e. The van der Waals surface area contributed by atoms with E-state index in [9.17, 15) is 5.11 Å². The molecule has 0 radical (unpaired) electrons. The van der Waals surface area contributed by atoms with Gasteiger partial charge < -0.3 is 14.9 Å². The number of hydrogen-bond acceptors (Lipinski definition) is 3. The number of aliphatic hydroxyl groups excluding tert-OH is 1. The summed E-state index contributed by atoms with van der Waals surface area (Å²) in [4.78, 5) is 4.26. The number of fused-ring (bicyclic) bond motifs is 1. The Kier molecular flexibility index (Phi) is 4.69. The number of hydrogen-bond donors (Lipinski definition) is 1. The van der Waals surface area contributed by atoms with E-state index in [-0.39, 0.29) is 6.04 Å². The molecule has 1 aliphatic carbocycles. The Hall–Kier alpha value is -3.04. The Bertz CT molecular complexity index is 937. The Morgan fingerprint density at radius 3 is 2.04 bits per heavy atom. The van der Waals surface area contributed by atoms with Crippen LogP contribution in [0.3, 0.4) is 0 Å². The molecule has 1 N–H and O–H groups in total. The third kappa shape index (κ3) is 3.34. The molecule has 27 heavy (non-hydrogen) atoms. The lowest BCUT2D eigenvalue weighted by Gasteiger charge is -2.35. The molecule has 2 atom stereocenters. The van der Waals surface area contributed by atoms with Crippen molar-refractivity contribution in [1.29, 1.82) is 0 Å². The SMILES string of the molecule is CN(c1ccccc1)c1ccc2c(c1)[C@H](O)[C@@H](N(C)c1ccccc1)C=C2. The van der Waals surface area contributed by atoms with E-state index in [1.165, 1.54) is 0 Å². The lowest BCUT2D eigenvalue weighted by molar-refractivity contribution is 0.159. The van der Waals surface area contributed by atoms with E-state index in [0.29, 0.717) is 0 Å². The van der Waals surface area contributed by atoms with Gasteiger partial charge in [0.15, 0.2) is 0 Å². The van der Waals surface area contributed by atoms with E-state index >= 15 is 0 Å². The molecule has 4 rings (SSSR count). The zero-order valence-electron chi connectivity index (χ0n) is 15.7. The summed E-state index contributed by atoms with van der Waals surface area (Å²) in [7, 11) is 4.08. The molecule has 3 aromatic rings. The van der Waals surface area contributed by atoms with Crippen molar-refractivity contribution in [1.82, 2.24) is 0 Å². The van der Waals surface area contributed by atoms with Crippen LogP contribution in [-0.4, -0.2) is 25.2 Å². The van der Waals surface area contributed by atoms with Crippen LogP contribution in [0.2, 0.25) is 0 Å². The van der Waals surface area contributed by atoms with Crippen molar-refractivity contribution in [2.75, 3.05) is 23.9 Å². The molecule has 0 amide bonds. The lowest BCUT2D eigenvalue weighted by Crippen LogP contribution is -2.37. The minimum absolute atomic E-state index is 0.0998. The summed E-state index contributed by atoms with van der Waals surface area (Å²) in [5.41, 5.74) is 5.31. The van der Waals surface area contributed by atoms with Crippen LogP contribution in [0.4, 0.5) is 17.1 Å². The molecular formula is C24H24N2O. The maximum absolute atomic E-state index is 11.1. The van der Waals surface area contributed by atoms with Gasteiger partial charge in [-0.3, -0.25) is 0 Å². The number of benzene rings is 3. The Labute approximate surface area is 160 Å². The molecule has 0 unspecified atom stereocenters. The van der Waals surface area contributed by atoms with Gasteiger partial charge in [0, 0.05) is 31.2 Å². The first-order valence-electron chi connectivity index (χ1n) is 9.22. The molecule has 3 heteroatoms. The lowest BCUT2D eigenvalue weighted by atomic mass is 9.90. The highest BCUT2D eigenvalue weighted by molar-refractivity contribution is 5.69. The largest absolute Gasteiger partial charge is 0.386 e. The van der Waals surface area contributed by atoms with Crippen LogP contribution in [0, 0.1) is 0 Å². The second-order valence-corrected chi connectivity index (χ2v) is 6.95. The second kappa shape index (κ2) is 7.29. The summed E-state index contributed by atoms with van der Waals surface area (Å²) in [5.74, 6) is 0. The highest BCUT2D eigenvalue weighted by atomic mass is 16.3. The zero-order valence-corrected chi connectivity index (χ0v) is 15.7. The van der Waals surface area contributed by atoms with Gasteiger partial charge in [-0.1, -0.05) is 54.6 Å². The zero-order chi connectivity index (χ0) is 18.8. The Morgan fingerprint density at radius 2 is 1.37 bits per heavy atom. The van der Waals surface area contributed by atoms with Crippen LogP contribution in [-0.2, 0) is 0 Å². The van der Waals surface area contributed by atoms with E-state index < -0.39 is 6.10 Å². The molecule has 0 heterocycles. The van der Waals surface area contributed by atoms with Gasteiger partial charge in [0.05, 0.1) is 6.04 Å². The third-order valence-corrected chi connectivity index (χ3v) is 5.33. The van der Waals surface area contributed by atoms with Crippen molar-refractivity contribution in [3.8, 4) is 0 Å². The van der Waals surface area contributed by atoms with Gasteiger partial charge in [0.2, 0.25) is 0 Å². The molecule has 0 fully saturated rings. The monoisotopic (exact) mass is 356 g/mol. The standard InChI is InChI=1S/C24H24N2O/c1-25(19-9-5-3-6-10-19)21-15-13-18-14-16-23(24(27)22(18)17-21)26(2)20-11-7-4-8-12-20/h3-17,23-24,27H,1-2H3/t23-,24-/m0/s1. The summed E-state index contributed by atoms with van der Waals surface area (Å²) in [5, 5.41) is 11.1. The maximum atomic E-state index is 11.1. The normalized spacial score (nSPS) is 18.0. The average molecular weight is 356 g/mol. The van der Waals surface area contributed by atoms with Crippen molar-refractivity contribution in [3.05, 3.63) is 96.1 Å². The summed E-state index contributed by atoms with van der Waals surface area (Å²) < 4.78 is 0. The van der Waals surface area contributed by atoms with Gasteiger partial charge in [-0.2, -0.15) is 0 Å². The van der Waals surface area contributed by atoms with Gasteiger partial charge >= 0.3 is 0 Å². The first-order chi connectivity index (χ1) is 13.1. The summed E-state index contributed by atoms with van der Waals surface area (Å²) >= 11 is 0. The van der Waals surface area contributed by atoms with Crippen LogP contribution in [0.5, 0.6) is 0 Å². The molecule has 0 saturated heterocycles. The molecule has 1 aliphatic rings. The van der Waals surface area contributed by atoms with Gasteiger partial charge in [-0.15, -0.1) is 0 Å². The van der Waals surface area contributed by atoms with Gasteiger partial charge in [0.25, 0.3) is 0 Å². The molecule has 0 aromatic heterocycles. The predicted octanol–water partition coefficient (Wildman–Crippen LogP) is 5.02. The summed E-state index contributed by atoms with van der Waals surface area (Å²) in [6.07, 6.45) is 3.61. The van der Waals surface area contributed by atoms with E-state index in [4.69, 9.17) is 0 Å². The van der Waals surface area contributed by atoms with Crippen molar-refractivity contribution < 1.29 is 5.11 Å². The second-order valence-electron chi connectivity index (χ2n) is 6.95. The number of anilines is 3. The van der Waals surface area contributed by atoms with Gasteiger partial charge in [-0.25, -0.2) is 0 Å². The van der Waals surface area contributed by atoms with Crippen LogP contribution >= 0.6 is 0 Å². The van der Waals surface area contributed by atoms with E-state index in [1.807, 2.05) is 43.4 Å². The van der Waals surface area contributed by atoms with Crippen molar-refractivity contribution in [2.45, 2.75) is 12.1 Å². The molecule has 136 valence electrons. The molecule has 3 nitrogen and oxygen atoms in total. The molecule has 0 aliphatic heterocycles. The summed E-state index contributed by atoms with van der Waals surface area (Å²) in [6, 6.07) is 26.6. The first-order valence-corrected chi connectivity index (χ1v) is 9.22. The number of likely N-dealkylation sites (N-methyl/N-ethyl adjacent to an activating group) is 1. The number of rotatable bonds is 4. The fraction of sp³-hybridized carbons (Fsp3) is 0.167. The van der Waals surface area contributed by atoms with Gasteiger partial charge in [-0.05, 0) is 47.5 Å². The number of nitrogens with zero attached hydrogens (tertiary/aromatic N) is 2. The van der Waals surface area contributed by atoms with Crippen LogP contribution < -0.4 is 9.80 Å². The molecule has 0 bridgehead atoms. The van der Waals surface area contributed by atoms with Crippen molar-refractivity contribution >= 4 is 23.1 Å². The van der Waals surface area contributed by atoms with E-state index in [1.54, 1.807) is 0 Å². The van der Waals surface area contributed by atoms with E-state index in [2.05, 4.69) is 71.5 Å². The third-order valence-electron chi connectivity index (χ3n) is 5.33. The average Bonchev–Trinajstić information content (AvgIpc) is 2.74. The summed E-state index contributed by atoms with van der Waals surface area (Å²) in [6.45, 7) is 0. The highest BCUT2D eigenvalue weighted by Crippen LogP contribution is 2.35. The highest BCUT2D eigenvalue weighted by Gasteiger charge is 2.28. The van der Waals surface area contributed by atoms with E-state index in [0.717, 1.165) is 28.2 Å². The van der Waals surface area contributed by atoms with Crippen LogP contribution in [0.1, 0.15) is 17.2 Å².